The third kappa shape index (κ3) is 6.44. The zero-order valence-corrected chi connectivity index (χ0v) is 15.6. The summed E-state index contributed by atoms with van der Waals surface area (Å²) >= 11 is 0. The van der Waals surface area contributed by atoms with Crippen LogP contribution in [0.25, 0.3) is 0 Å². The first-order valence-electron chi connectivity index (χ1n) is 9.08. The second kappa shape index (κ2) is 10.0. The lowest BCUT2D eigenvalue weighted by Crippen LogP contribution is -2.39. The standard InChI is InChI=1S/C22H21N3O4/c26-21(13-20(22(27)28)24-15-16-5-4-12-23-14-16)25-17-8-10-19(11-9-17)29-18-6-2-1-3-7-18/h1-12,14,20,24H,13,15H2,(H,25,26)(H,27,28). The summed E-state index contributed by atoms with van der Waals surface area (Å²) in [6.07, 6.45) is 3.09. The van der Waals surface area contributed by atoms with Crippen LogP contribution in [0.15, 0.2) is 79.1 Å². The summed E-state index contributed by atoms with van der Waals surface area (Å²) in [4.78, 5) is 27.7. The molecule has 0 spiro atoms. The van der Waals surface area contributed by atoms with Gasteiger partial charge in [0.25, 0.3) is 0 Å². The van der Waals surface area contributed by atoms with E-state index in [0.717, 1.165) is 5.56 Å². The van der Waals surface area contributed by atoms with Crippen molar-refractivity contribution in [1.82, 2.24) is 10.3 Å². The molecule has 0 saturated carbocycles. The van der Waals surface area contributed by atoms with Gasteiger partial charge in [-0.3, -0.25) is 19.9 Å². The Labute approximate surface area is 168 Å². The first kappa shape index (κ1) is 20.0. The number of rotatable bonds is 9. The number of ether oxygens (including phenoxy) is 1. The second-order valence-corrected chi connectivity index (χ2v) is 6.32. The number of carboxylic acid groups (broad SMARTS) is 1. The third-order valence-corrected chi connectivity index (χ3v) is 4.08. The Balaban J connectivity index is 1.52. The average molecular weight is 391 g/mol. The van der Waals surface area contributed by atoms with Crippen molar-refractivity contribution in [2.45, 2.75) is 19.0 Å². The topological polar surface area (TPSA) is 101 Å². The van der Waals surface area contributed by atoms with E-state index in [0.29, 0.717) is 23.7 Å². The number of benzene rings is 2. The molecule has 0 fully saturated rings. The molecule has 0 radical (unpaired) electrons. The lowest BCUT2D eigenvalue weighted by atomic mass is 10.1. The normalized spacial score (nSPS) is 11.4. The van der Waals surface area contributed by atoms with Crippen molar-refractivity contribution in [3.63, 3.8) is 0 Å². The molecule has 0 aliphatic carbocycles. The summed E-state index contributed by atoms with van der Waals surface area (Å²) in [6.45, 7) is 0.309. The van der Waals surface area contributed by atoms with Gasteiger partial charge in [-0.1, -0.05) is 24.3 Å². The molecule has 0 aliphatic rings. The Morgan fingerprint density at radius 2 is 1.69 bits per heavy atom. The molecule has 0 saturated heterocycles. The summed E-state index contributed by atoms with van der Waals surface area (Å²) in [5, 5.41) is 14.9. The molecule has 1 unspecified atom stereocenters. The van der Waals surface area contributed by atoms with Gasteiger partial charge in [-0.15, -0.1) is 0 Å². The highest BCUT2D eigenvalue weighted by atomic mass is 16.5. The quantitative estimate of drug-likeness (QED) is 0.517. The molecule has 3 aromatic rings. The van der Waals surface area contributed by atoms with E-state index in [-0.39, 0.29) is 6.42 Å². The second-order valence-electron chi connectivity index (χ2n) is 6.32. The van der Waals surface area contributed by atoms with Crippen molar-refractivity contribution in [3.05, 3.63) is 84.7 Å². The minimum atomic E-state index is -1.09. The van der Waals surface area contributed by atoms with Crippen LogP contribution >= 0.6 is 0 Å². The minimum Gasteiger partial charge on any atom is -0.480 e. The van der Waals surface area contributed by atoms with Gasteiger partial charge >= 0.3 is 5.97 Å². The Bertz CT molecular complexity index is 931. The van der Waals surface area contributed by atoms with Crippen LogP contribution in [0, 0.1) is 0 Å². The number of hydrogen-bond donors (Lipinski definition) is 3. The van der Waals surface area contributed by atoms with Crippen molar-refractivity contribution < 1.29 is 19.4 Å². The molecule has 1 atom stereocenters. The number of carbonyl (C=O) groups excluding carboxylic acids is 1. The fraction of sp³-hybridized carbons (Fsp3) is 0.136. The first-order valence-corrected chi connectivity index (χ1v) is 9.08. The van der Waals surface area contributed by atoms with Gasteiger partial charge in [0.15, 0.2) is 0 Å². The Morgan fingerprint density at radius 3 is 2.34 bits per heavy atom. The molecule has 1 amide bonds. The van der Waals surface area contributed by atoms with Gasteiger partial charge in [0, 0.05) is 24.6 Å². The van der Waals surface area contributed by atoms with Crippen molar-refractivity contribution in [2.24, 2.45) is 0 Å². The Morgan fingerprint density at radius 1 is 0.966 bits per heavy atom. The maximum atomic E-state index is 12.3. The summed E-state index contributed by atoms with van der Waals surface area (Å²) in [7, 11) is 0. The van der Waals surface area contributed by atoms with Crippen molar-refractivity contribution in [1.29, 1.82) is 0 Å². The van der Waals surface area contributed by atoms with Crippen LogP contribution in [0.3, 0.4) is 0 Å². The number of aromatic nitrogens is 1. The zero-order valence-electron chi connectivity index (χ0n) is 15.6. The lowest BCUT2D eigenvalue weighted by molar-refractivity contribution is -0.141. The fourth-order valence-electron chi connectivity index (χ4n) is 2.62. The molecule has 0 aliphatic heterocycles. The number of carboxylic acids is 1. The van der Waals surface area contributed by atoms with Crippen LogP contribution in [0.2, 0.25) is 0 Å². The van der Waals surface area contributed by atoms with Gasteiger partial charge in [-0.25, -0.2) is 0 Å². The van der Waals surface area contributed by atoms with E-state index >= 15 is 0 Å². The summed E-state index contributed by atoms with van der Waals surface area (Å²) < 4.78 is 5.70. The number of amides is 1. The van der Waals surface area contributed by atoms with E-state index in [2.05, 4.69) is 15.6 Å². The summed E-state index contributed by atoms with van der Waals surface area (Å²) in [5.74, 6) is -0.132. The van der Waals surface area contributed by atoms with Crippen LogP contribution in [-0.4, -0.2) is 28.0 Å². The summed E-state index contributed by atoms with van der Waals surface area (Å²) in [5.41, 5.74) is 1.40. The van der Waals surface area contributed by atoms with Crippen LogP contribution < -0.4 is 15.4 Å². The van der Waals surface area contributed by atoms with Gasteiger partial charge in [0.1, 0.15) is 17.5 Å². The Hall–Kier alpha value is -3.71. The number of pyridine rings is 1. The fourth-order valence-corrected chi connectivity index (χ4v) is 2.62. The molecule has 3 rings (SSSR count). The van der Waals surface area contributed by atoms with Crippen LogP contribution in [0.4, 0.5) is 5.69 Å². The highest BCUT2D eigenvalue weighted by Gasteiger charge is 2.20. The van der Waals surface area contributed by atoms with Crippen LogP contribution in [-0.2, 0) is 16.1 Å². The van der Waals surface area contributed by atoms with Gasteiger partial charge in [0.05, 0.1) is 6.42 Å². The molecular formula is C22H21N3O4. The monoisotopic (exact) mass is 391 g/mol. The molecule has 29 heavy (non-hydrogen) atoms. The van der Waals surface area contributed by atoms with Gasteiger partial charge in [-0.05, 0) is 48.0 Å². The maximum absolute atomic E-state index is 12.3. The highest BCUT2D eigenvalue weighted by molar-refractivity contribution is 5.94. The van der Waals surface area contributed by atoms with E-state index in [4.69, 9.17) is 4.74 Å². The van der Waals surface area contributed by atoms with Crippen molar-refractivity contribution in [3.8, 4) is 11.5 Å². The molecular weight excluding hydrogens is 370 g/mol. The number of para-hydroxylation sites is 1. The molecule has 0 bridgehead atoms. The Kier molecular flexibility index (Phi) is 6.91. The molecule has 148 valence electrons. The lowest BCUT2D eigenvalue weighted by Gasteiger charge is -2.14. The average Bonchev–Trinajstić information content (AvgIpc) is 2.74. The number of aliphatic carboxylic acids is 1. The number of anilines is 1. The number of nitrogens with one attached hydrogen (secondary N) is 2. The van der Waals surface area contributed by atoms with Crippen LogP contribution in [0.1, 0.15) is 12.0 Å². The van der Waals surface area contributed by atoms with E-state index in [1.165, 1.54) is 0 Å². The van der Waals surface area contributed by atoms with E-state index in [1.54, 1.807) is 42.7 Å². The van der Waals surface area contributed by atoms with Crippen LogP contribution in [0.5, 0.6) is 11.5 Å². The molecule has 1 heterocycles. The molecule has 3 N–H and O–H groups in total. The van der Waals surface area contributed by atoms with Gasteiger partial charge < -0.3 is 15.2 Å². The van der Waals surface area contributed by atoms with Crippen molar-refractivity contribution >= 4 is 17.6 Å². The summed E-state index contributed by atoms with van der Waals surface area (Å²) in [6, 6.07) is 18.8. The first-order chi connectivity index (χ1) is 14.1. The molecule has 2 aromatic carbocycles. The molecule has 7 heteroatoms. The molecule has 1 aromatic heterocycles. The highest BCUT2D eigenvalue weighted by Crippen LogP contribution is 2.22. The van der Waals surface area contributed by atoms with Gasteiger partial charge in [0.2, 0.25) is 5.91 Å². The minimum absolute atomic E-state index is 0.197. The predicted molar refractivity (Wildman–Crippen MR) is 109 cm³/mol. The molecule has 7 nitrogen and oxygen atoms in total. The third-order valence-electron chi connectivity index (χ3n) is 4.08. The SMILES string of the molecule is O=C(CC(NCc1cccnc1)C(=O)O)Nc1ccc(Oc2ccccc2)cc1. The van der Waals surface area contributed by atoms with E-state index in [1.807, 2.05) is 36.4 Å². The number of hydrogen-bond acceptors (Lipinski definition) is 5. The smallest absolute Gasteiger partial charge is 0.321 e. The predicted octanol–water partition coefficient (Wildman–Crippen LogP) is 3.45. The van der Waals surface area contributed by atoms with E-state index in [9.17, 15) is 14.7 Å². The van der Waals surface area contributed by atoms with Gasteiger partial charge in [-0.2, -0.15) is 0 Å². The number of carbonyl (C=O) groups is 2. The van der Waals surface area contributed by atoms with Crippen molar-refractivity contribution in [2.75, 3.05) is 5.32 Å². The number of nitrogens with zero attached hydrogens (tertiary/aromatic N) is 1. The van der Waals surface area contributed by atoms with E-state index < -0.39 is 17.9 Å². The maximum Gasteiger partial charge on any atom is 0.321 e. The zero-order chi connectivity index (χ0) is 20.5. The largest absolute Gasteiger partial charge is 0.480 e.